The van der Waals surface area contributed by atoms with Crippen LogP contribution >= 0.6 is 0 Å². The molecule has 0 saturated carbocycles. The molecule has 2 atom stereocenters. The van der Waals surface area contributed by atoms with E-state index in [1.165, 1.54) is 18.3 Å². The van der Waals surface area contributed by atoms with Crippen molar-refractivity contribution in [1.29, 1.82) is 5.26 Å². The Labute approximate surface area is 202 Å². The van der Waals surface area contributed by atoms with Crippen molar-refractivity contribution in [3.8, 4) is 11.8 Å². The number of benzene rings is 2. The van der Waals surface area contributed by atoms with E-state index >= 15 is 0 Å². The molecule has 1 fully saturated rings. The Bertz CT molecular complexity index is 1380. The lowest BCUT2D eigenvalue weighted by Crippen LogP contribution is -2.45. The number of carbonyl (C=O) groups is 3. The number of nitrogens with zero attached hydrogens (tertiary/aromatic N) is 3. The first-order valence-electron chi connectivity index (χ1n) is 10.6. The predicted octanol–water partition coefficient (Wildman–Crippen LogP) is 3.85. The van der Waals surface area contributed by atoms with Crippen LogP contribution in [0, 0.1) is 17.2 Å². The molecule has 186 valence electrons. The number of nitrogens with one attached hydrogen (secondary N) is 2. The fourth-order valence-corrected chi connectivity index (χ4v) is 4.05. The fraction of sp³-hybridized carbons (Fsp3) is 0.217. The molecule has 1 saturated heterocycles. The van der Waals surface area contributed by atoms with Crippen molar-refractivity contribution in [2.24, 2.45) is 11.7 Å². The zero-order chi connectivity index (χ0) is 26.0. The summed E-state index contributed by atoms with van der Waals surface area (Å²) in [6.07, 6.45) is -3.53. The molecular weight excluding hydrogens is 481 g/mol. The monoisotopic (exact) mass is 500 g/mol. The summed E-state index contributed by atoms with van der Waals surface area (Å²) in [4.78, 5) is 39.0. The maximum Gasteiger partial charge on any atom is 0.573 e. The van der Waals surface area contributed by atoms with E-state index in [1.807, 2.05) is 6.07 Å². The van der Waals surface area contributed by atoms with Crippen molar-refractivity contribution in [2.45, 2.75) is 18.8 Å². The molecule has 0 unspecified atom stereocenters. The van der Waals surface area contributed by atoms with E-state index in [0.29, 0.717) is 10.9 Å². The molecule has 2 aromatic carbocycles. The van der Waals surface area contributed by atoms with Crippen molar-refractivity contribution < 1.29 is 32.3 Å². The first-order chi connectivity index (χ1) is 17.1. The van der Waals surface area contributed by atoms with Gasteiger partial charge in [-0.05, 0) is 24.6 Å². The van der Waals surface area contributed by atoms with Crippen LogP contribution in [0.25, 0.3) is 10.9 Å². The van der Waals surface area contributed by atoms with Crippen LogP contribution in [0.1, 0.15) is 6.42 Å². The van der Waals surface area contributed by atoms with Gasteiger partial charge in [0, 0.05) is 29.9 Å². The summed E-state index contributed by atoms with van der Waals surface area (Å²) in [5, 5.41) is 15.0. The number of para-hydroxylation sites is 1. The number of halogens is 3. The van der Waals surface area contributed by atoms with E-state index in [-0.39, 0.29) is 24.3 Å². The van der Waals surface area contributed by atoms with Crippen molar-refractivity contribution >= 4 is 40.2 Å². The lowest BCUT2D eigenvalue weighted by Gasteiger charge is -2.24. The number of aromatic nitrogens is 1. The van der Waals surface area contributed by atoms with Gasteiger partial charge in [-0.15, -0.1) is 13.2 Å². The van der Waals surface area contributed by atoms with Gasteiger partial charge in [0.25, 0.3) is 0 Å². The summed E-state index contributed by atoms with van der Waals surface area (Å²) in [5.41, 5.74) is 6.16. The van der Waals surface area contributed by atoms with Crippen LogP contribution in [0.4, 0.5) is 34.1 Å². The molecule has 4 N–H and O–H groups in total. The first kappa shape index (κ1) is 24.4. The van der Waals surface area contributed by atoms with Crippen LogP contribution in [-0.4, -0.2) is 46.4 Å². The standard InChI is InChI=1S/C23H19F3N6O4/c24-23(25,26)36-15-5-3-4-14(9-15)29-20(33)19-8-13(10-27)11-32(19)22(35)30-17-12-31(21(28)34)18-7-2-1-6-16(17)18/h1-7,9,12-13,19H,8,11H2,(H2,28,34)(H,29,33)(H,30,35)/t13-,19+/m1/s1. The lowest BCUT2D eigenvalue weighted by molar-refractivity contribution is -0.274. The molecule has 0 aliphatic carbocycles. The molecule has 1 aliphatic rings. The van der Waals surface area contributed by atoms with Gasteiger partial charge < -0.3 is 26.0 Å². The minimum Gasteiger partial charge on any atom is -0.406 e. The highest BCUT2D eigenvalue weighted by molar-refractivity contribution is 6.06. The van der Waals surface area contributed by atoms with Crippen molar-refractivity contribution in [1.82, 2.24) is 9.47 Å². The Hall–Kier alpha value is -4.73. The largest absolute Gasteiger partial charge is 0.573 e. The van der Waals surface area contributed by atoms with Gasteiger partial charge in [-0.25, -0.2) is 9.59 Å². The van der Waals surface area contributed by atoms with Gasteiger partial charge in [0.2, 0.25) is 5.91 Å². The minimum absolute atomic E-state index is 0.0204. The maximum absolute atomic E-state index is 13.1. The van der Waals surface area contributed by atoms with Crippen LogP contribution in [-0.2, 0) is 4.79 Å². The van der Waals surface area contributed by atoms with Gasteiger partial charge in [0.05, 0.1) is 23.2 Å². The Morgan fingerprint density at radius 1 is 1.11 bits per heavy atom. The van der Waals surface area contributed by atoms with E-state index in [4.69, 9.17) is 5.73 Å². The van der Waals surface area contributed by atoms with Crippen LogP contribution in [0.2, 0.25) is 0 Å². The number of nitrogens with two attached hydrogens (primary N) is 1. The molecule has 13 heteroatoms. The molecule has 4 rings (SSSR count). The zero-order valence-electron chi connectivity index (χ0n) is 18.5. The molecular formula is C23H19F3N6O4. The quantitative estimate of drug-likeness (QED) is 0.499. The number of ether oxygens (including phenoxy) is 1. The number of primary amides is 1. The molecule has 0 spiro atoms. The van der Waals surface area contributed by atoms with Gasteiger partial charge in [-0.1, -0.05) is 24.3 Å². The van der Waals surface area contributed by atoms with Gasteiger partial charge in [0.15, 0.2) is 0 Å². The summed E-state index contributed by atoms with van der Waals surface area (Å²) in [6, 6.07) is 10.9. The highest BCUT2D eigenvalue weighted by Crippen LogP contribution is 2.30. The molecule has 1 aromatic heterocycles. The average Bonchev–Trinajstić information content (AvgIpc) is 3.41. The Balaban J connectivity index is 1.54. The van der Waals surface area contributed by atoms with Crippen molar-refractivity contribution in [3.05, 3.63) is 54.7 Å². The summed E-state index contributed by atoms with van der Waals surface area (Å²) in [7, 11) is 0. The van der Waals surface area contributed by atoms with Gasteiger partial charge in [-0.2, -0.15) is 5.26 Å². The number of anilines is 2. The van der Waals surface area contributed by atoms with E-state index in [0.717, 1.165) is 21.6 Å². The van der Waals surface area contributed by atoms with Crippen molar-refractivity contribution in [3.63, 3.8) is 0 Å². The highest BCUT2D eigenvalue weighted by atomic mass is 19.4. The number of fused-ring (bicyclic) bond motifs is 1. The summed E-state index contributed by atoms with van der Waals surface area (Å²) in [6.45, 7) is -0.0495. The Morgan fingerprint density at radius 2 is 1.86 bits per heavy atom. The van der Waals surface area contributed by atoms with E-state index in [9.17, 15) is 32.8 Å². The Kier molecular flexibility index (Phi) is 6.43. The molecule has 2 heterocycles. The van der Waals surface area contributed by atoms with Crippen molar-refractivity contribution in [2.75, 3.05) is 17.2 Å². The predicted molar refractivity (Wildman–Crippen MR) is 122 cm³/mol. The molecule has 1 aliphatic heterocycles. The molecule has 4 amide bonds. The molecule has 0 radical (unpaired) electrons. The third-order valence-electron chi connectivity index (χ3n) is 5.57. The maximum atomic E-state index is 13.1. The van der Waals surface area contributed by atoms with Crippen LogP contribution in [0.5, 0.6) is 5.75 Å². The molecule has 10 nitrogen and oxygen atoms in total. The average molecular weight is 500 g/mol. The smallest absolute Gasteiger partial charge is 0.406 e. The fourth-order valence-electron chi connectivity index (χ4n) is 4.05. The van der Waals surface area contributed by atoms with Gasteiger partial charge >= 0.3 is 18.4 Å². The van der Waals surface area contributed by atoms with Crippen LogP contribution < -0.4 is 21.1 Å². The zero-order valence-corrected chi connectivity index (χ0v) is 18.5. The number of likely N-dealkylation sites (tertiary alicyclic amines) is 1. The Morgan fingerprint density at radius 3 is 2.56 bits per heavy atom. The van der Waals surface area contributed by atoms with Gasteiger partial charge in [0.1, 0.15) is 11.8 Å². The first-order valence-corrected chi connectivity index (χ1v) is 10.6. The number of alkyl halides is 3. The SMILES string of the molecule is N#C[C@H]1C[C@@H](C(=O)Nc2cccc(OC(F)(F)F)c2)N(C(=O)Nc2cn(C(N)=O)c3ccccc23)C1. The highest BCUT2D eigenvalue weighted by Gasteiger charge is 2.40. The van der Waals surface area contributed by atoms with E-state index in [1.54, 1.807) is 24.3 Å². The summed E-state index contributed by atoms with van der Waals surface area (Å²) >= 11 is 0. The molecule has 0 bridgehead atoms. The minimum atomic E-state index is -4.90. The molecule has 3 aromatic rings. The number of nitriles is 1. The number of hydrogen-bond donors (Lipinski definition) is 3. The number of hydrogen-bond acceptors (Lipinski definition) is 5. The summed E-state index contributed by atoms with van der Waals surface area (Å²) < 4.78 is 42.5. The topological polar surface area (TPSA) is 142 Å². The third-order valence-corrected chi connectivity index (χ3v) is 5.57. The number of amides is 4. The number of urea groups is 1. The number of rotatable bonds is 4. The lowest BCUT2D eigenvalue weighted by atomic mass is 10.1. The normalized spacial score (nSPS) is 17.4. The third kappa shape index (κ3) is 5.17. The number of carbonyl (C=O) groups excluding carboxylic acids is 3. The van der Waals surface area contributed by atoms with E-state index < -0.39 is 42.0 Å². The van der Waals surface area contributed by atoms with Crippen LogP contribution in [0.3, 0.4) is 0 Å². The second kappa shape index (κ2) is 9.49. The van der Waals surface area contributed by atoms with Crippen LogP contribution in [0.15, 0.2) is 54.7 Å². The second-order valence-electron chi connectivity index (χ2n) is 7.99. The second-order valence-corrected chi connectivity index (χ2v) is 7.99. The summed E-state index contributed by atoms with van der Waals surface area (Å²) in [5.74, 6) is -1.85. The molecule has 36 heavy (non-hydrogen) atoms. The van der Waals surface area contributed by atoms with Gasteiger partial charge in [-0.3, -0.25) is 9.36 Å². The van der Waals surface area contributed by atoms with E-state index in [2.05, 4.69) is 15.4 Å².